The van der Waals surface area contributed by atoms with Crippen LogP contribution in [0.2, 0.25) is 0 Å². The number of thioether (sulfide) groups is 1. The quantitative estimate of drug-likeness (QED) is 0.857. The Morgan fingerprint density at radius 1 is 1.50 bits per heavy atom. The van der Waals surface area contributed by atoms with E-state index in [9.17, 15) is 13.2 Å². The number of thiophene rings is 1. The van der Waals surface area contributed by atoms with Crippen LogP contribution in [0.25, 0.3) is 0 Å². The molecular formula is C8H9NO4S3. The number of carbonyl (C=O) groups is 1. The fraction of sp³-hybridized carbons (Fsp3) is 0.375. The van der Waals surface area contributed by atoms with Gasteiger partial charge in [-0.1, -0.05) is 0 Å². The number of primary sulfonamides is 1. The third kappa shape index (κ3) is 2.10. The average molecular weight is 279 g/mol. The summed E-state index contributed by atoms with van der Waals surface area (Å²) in [7, 11) is -3.81. The van der Waals surface area contributed by atoms with E-state index in [2.05, 4.69) is 0 Å². The lowest BCUT2D eigenvalue weighted by Crippen LogP contribution is -2.17. The lowest BCUT2D eigenvalue weighted by Gasteiger charge is -2.24. The van der Waals surface area contributed by atoms with Crippen molar-refractivity contribution in [1.82, 2.24) is 0 Å². The molecule has 1 saturated heterocycles. The Morgan fingerprint density at radius 3 is 2.50 bits per heavy atom. The molecule has 1 aliphatic rings. The molecule has 3 N–H and O–H groups in total. The molecule has 2 rings (SSSR count). The van der Waals surface area contributed by atoms with Crippen molar-refractivity contribution in [3.8, 4) is 0 Å². The minimum atomic E-state index is -3.81. The number of carboxylic acids is 1. The molecular weight excluding hydrogens is 270 g/mol. The predicted octanol–water partition coefficient (Wildman–Crippen LogP) is 0.924. The van der Waals surface area contributed by atoms with Gasteiger partial charge >= 0.3 is 5.97 Å². The highest BCUT2D eigenvalue weighted by molar-refractivity contribution is 8.00. The number of aromatic carboxylic acids is 1. The molecule has 8 heteroatoms. The van der Waals surface area contributed by atoms with Gasteiger partial charge in [-0.05, 0) is 11.6 Å². The highest BCUT2D eigenvalue weighted by Gasteiger charge is 2.29. The van der Waals surface area contributed by atoms with Gasteiger partial charge < -0.3 is 5.11 Å². The van der Waals surface area contributed by atoms with Crippen molar-refractivity contribution in [3.63, 3.8) is 0 Å². The number of nitrogens with two attached hydrogens (primary N) is 1. The van der Waals surface area contributed by atoms with Crippen LogP contribution < -0.4 is 5.14 Å². The summed E-state index contributed by atoms with van der Waals surface area (Å²) in [6.07, 6.45) is 0. The lowest BCUT2D eigenvalue weighted by molar-refractivity contribution is 0.0700. The van der Waals surface area contributed by atoms with Gasteiger partial charge in [0, 0.05) is 17.4 Å². The van der Waals surface area contributed by atoms with E-state index in [-0.39, 0.29) is 15.0 Å². The van der Waals surface area contributed by atoms with E-state index in [1.54, 1.807) is 11.8 Å². The van der Waals surface area contributed by atoms with Gasteiger partial charge in [0.15, 0.2) is 0 Å². The maximum Gasteiger partial charge on any atom is 0.346 e. The minimum Gasteiger partial charge on any atom is -0.477 e. The van der Waals surface area contributed by atoms with Crippen LogP contribution in [0.1, 0.15) is 21.2 Å². The van der Waals surface area contributed by atoms with Crippen molar-refractivity contribution in [2.24, 2.45) is 5.14 Å². The molecule has 5 nitrogen and oxygen atoms in total. The molecule has 0 bridgehead atoms. The van der Waals surface area contributed by atoms with Crippen LogP contribution in [0.15, 0.2) is 10.3 Å². The van der Waals surface area contributed by atoms with E-state index >= 15 is 0 Å². The summed E-state index contributed by atoms with van der Waals surface area (Å²) in [5, 5.41) is 14.0. The third-order valence-electron chi connectivity index (χ3n) is 2.29. The van der Waals surface area contributed by atoms with Gasteiger partial charge in [0.1, 0.15) is 9.09 Å². The zero-order chi connectivity index (χ0) is 11.9. The fourth-order valence-electron chi connectivity index (χ4n) is 1.41. The van der Waals surface area contributed by atoms with Crippen molar-refractivity contribution in [2.75, 3.05) is 11.5 Å². The zero-order valence-corrected chi connectivity index (χ0v) is 10.5. The van der Waals surface area contributed by atoms with Crippen LogP contribution in [0.5, 0.6) is 0 Å². The molecule has 0 unspecified atom stereocenters. The van der Waals surface area contributed by atoms with Gasteiger partial charge in [-0.25, -0.2) is 18.4 Å². The smallest absolute Gasteiger partial charge is 0.346 e. The summed E-state index contributed by atoms with van der Waals surface area (Å²) in [6.45, 7) is 0. The maximum absolute atomic E-state index is 11.1. The van der Waals surface area contributed by atoms with Gasteiger partial charge in [-0.2, -0.15) is 11.8 Å². The second-order valence-electron chi connectivity index (χ2n) is 3.43. The topological polar surface area (TPSA) is 97.5 Å². The first-order chi connectivity index (χ1) is 7.39. The zero-order valence-electron chi connectivity index (χ0n) is 8.04. The first kappa shape index (κ1) is 11.9. The Kier molecular flexibility index (Phi) is 2.99. The Bertz CT molecular complexity index is 529. The van der Waals surface area contributed by atoms with Crippen molar-refractivity contribution in [1.29, 1.82) is 0 Å². The van der Waals surface area contributed by atoms with Crippen molar-refractivity contribution in [2.45, 2.75) is 10.1 Å². The Morgan fingerprint density at radius 2 is 2.12 bits per heavy atom. The highest BCUT2D eigenvalue weighted by atomic mass is 32.2. The average Bonchev–Trinajstić information content (AvgIpc) is 2.44. The van der Waals surface area contributed by atoms with E-state index in [0.717, 1.165) is 22.8 Å². The maximum atomic E-state index is 11.1. The molecule has 0 atom stereocenters. The number of carboxylic acid groups (broad SMARTS) is 1. The number of rotatable bonds is 3. The third-order valence-corrected chi connectivity index (χ3v) is 6.13. The highest BCUT2D eigenvalue weighted by Crippen LogP contribution is 2.39. The SMILES string of the molecule is NS(=O)(=O)c1cc(C2CSC2)c(C(=O)O)s1. The molecule has 1 aromatic rings. The first-order valence-corrected chi connectivity index (χ1v) is 7.89. The fourth-order valence-corrected chi connectivity index (χ4v) is 4.06. The molecule has 0 radical (unpaired) electrons. The van der Waals surface area contributed by atoms with Crippen molar-refractivity contribution < 1.29 is 18.3 Å². The molecule has 88 valence electrons. The molecule has 0 aromatic carbocycles. The van der Waals surface area contributed by atoms with E-state index in [0.29, 0.717) is 5.56 Å². The molecule has 1 aliphatic heterocycles. The number of hydrogen-bond donors (Lipinski definition) is 2. The van der Waals surface area contributed by atoms with Gasteiger partial charge in [0.25, 0.3) is 0 Å². The molecule has 0 amide bonds. The molecule has 16 heavy (non-hydrogen) atoms. The van der Waals surface area contributed by atoms with Gasteiger partial charge in [0.2, 0.25) is 10.0 Å². The summed E-state index contributed by atoms with van der Waals surface area (Å²) in [5.41, 5.74) is 0.597. The molecule has 0 aliphatic carbocycles. The molecule has 0 saturated carbocycles. The molecule has 2 heterocycles. The van der Waals surface area contributed by atoms with E-state index < -0.39 is 16.0 Å². The Labute approximate surface area is 101 Å². The van der Waals surface area contributed by atoms with Crippen molar-refractivity contribution >= 4 is 39.1 Å². The molecule has 1 fully saturated rings. The molecule has 0 spiro atoms. The van der Waals surface area contributed by atoms with E-state index in [1.807, 2.05) is 0 Å². The van der Waals surface area contributed by atoms with Crippen LogP contribution in [0.3, 0.4) is 0 Å². The lowest BCUT2D eigenvalue weighted by atomic mass is 10.0. The second kappa shape index (κ2) is 4.02. The number of hydrogen-bond acceptors (Lipinski definition) is 5. The number of sulfonamides is 1. The van der Waals surface area contributed by atoms with Gasteiger partial charge in [-0.15, -0.1) is 11.3 Å². The standard InChI is InChI=1S/C8H9NO4S3/c9-16(12,13)6-1-5(4-2-14-3-4)7(15-6)8(10)11/h1,4H,2-3H2,(H,10,11)(H2,9,12,13). The molecule has 1 aromatic heterocycles. The summed E-state index contributed by atoms with van der Waals surface area (Å²) in [4.78, 5) is 11.1. The first-order valence-electron chi connectivity index (χ1n) is 4.37. The van der Waals surface area contributed by atoms with Crippen LogP contribution >= 0.6 is 23.1 Å². The van der Waals surface area contributed by atoms with E-state index in [1.165, 1.54) is 6.07 Å². The van der Waals surface area contributed by atoms with E-state index in [4.69, 9.17) is 10.2 Å². The summed E-state index contributed by atoms with van der Waals surface area (Å²) < 4.78 is 22.2. The predicted molar refractivity (Wildman–Crippen MR) is 62.7 cm³/mol. The van der Waals surface area contributed by atoms with Gasteiger partial charge in [-0.3, -0.25) is 0 Å². The normalized spacial score (nSPS) is 17.1. The van der Waals surface area contributed by atoms with Crippen molar-refractivity contribution in [3.05, 3.63) is 16.5 Å². The second-order valence-corrected chi connectivity index (χ2v) is 7.35. The Balaban J connectivity index is 2.49. The van der Waals surface area contributed by atoms with Crippen LogP contribution in [-0.2, 0) is 10.0 Å². The monoisotopic (exact) mass is 279 g/mol. The minimum absolute atomic E-state index is 0.0724. The summed E-state index contributed by atoms with van der Waals surface area (Å²) >= 11 is 2.44. The summed E-state index contributed by atoms with van der Waals surface area (Å²) in [5.74, 6) is 0.719. The largest absolute Gasteiger partial charge is 0.477 e. The van der Waals surface area contributed by atoms with Gasteiger partial charge in [0.05, 0.1) is 0 Å². The van der Waals surface area contributed by atoms with Crippen LogP contribution in [0.4, 0.5) is 0 Å². The Hall–Kier alpha value is -0.570. The van der Waals surface area contributed by atoms with Crippen LogP contribution in [-0.4, -0.2) is 31.0 Å². The summed E-state index contributed by atoms with van der Waals surface area (Å²) in [6, 6.07) is 1.40. The van der Waals surface area contributed by atoms with Crippen LogP contribution in [0, 0.1) is 0 Å².